The van der Waals surface area contributed by atoms with E-state index in [4.69, 9.17) is 23.2 Å². The maximum atomic E-state index is 13.8. The van der Waals surface area contributed by atoms with Crippen molar-refractivity contribution in [3.05, 3.63) is 58.2 Å². The lowest BCUT2D eigenvalue weighted by Crippen LogP contribution is -1.96. The number of fused-ring (bicyclic) bond motifs is 1. The molecule has 0 aliphatic heterocycles. The number of nitrogens with zero attached hydrogens (tertiary/aromatic N) is 2. The van der Waals surface area contributed by atoms with Crippen molar-refractivity contribution in [2.24, 2.45) is 0 Å². The second kappa shape index (κ2) is 4.96. The molecule has 0 saturated carbocycles. The van der Waals surface area contributed by atoms with Crippen LogP contribution in [0.4, 0.5) is 8.78 Å². The lowest BCUT2D eigenvalue weighted by molar-refractivity contribution is 0.510. The maximum Gasteiger partial charge on any atom is 0.169 e. The third-order valence-electron chi connectivity index (χ3n) is 2.80. The van der Waals surface area contributed by atoms with E-state index in [0.717, 1.165) is 6.07 Å². The molecule has 0 fully saturated rings. The average Bonchev–Trinajstić information content (AvgIpc) is 2.42. The van der Waals surface area contributed by atoms with E-state index in [2.05, 4.69) is 9.97 Å². The van der Waals surface area contributed by atoms with Gasteiger partial charge in [-0.3, -0.25) is 0 Å². The van der Waals surface area contributed by atoms with Crippen LogP contribution in [0.2, 0.25) is 10.2 Å². The second-order valence-corrected chi connectivity index (χ2v) is 4.90. The molecule has 3 aromatic rings. The highest BCUT2D eigenvalue weighted by Crippen LogP contribution is 2.28. The fourth-order valence-electron chi connectivity index (χ4n) is 1.86. The summed E-state index contributed by atoms with van der Waals surface area (Å²) in [5.74, 6) is -1.93. The maximum absolute atomic E-state index is 13.8. The van der Waals surface area contributed by atoms with Crippen molar-refractivity contribution in [2.45, 2.75) is 0 Å². The van der Waals surface area contributed by atoms with E-state index < -0.39 is 11.6 Å². The Bertz CT molecular complexity index is 822. The van der Waals surface area contributed by atoms with Crippen LogP contribution in [0, 0.1) is 11.6 Å². The highest BCUT2D eigenvalue weighted by molar-refractivity contribution is 6.35. The molecule has 1 aromatic heterocycles. The first kappa shape index (κ1) is 13.2. The molecule has 0 aliphatic rings. The molecule has 20 heavy (non-hydrogen) atoms. The first-order chi connectivity index (χ1) is 9.56. The summed E-state index contributed by atoms with van der Waals surface area (Å²) in [6.45, 7) is 0. The van der Waals surface area contributed by atoms with Gasteiger partial charge in [-0.1, -0.05) is 29.3 Å². The summed E-state index contributed by atoms with van der Waals surface area (Å²) >= 11 is 11.9. The van der Waals surface area contributed by atoms with E-state index in [1.807, 2.05) is 0 Å². The first-order valence-electron chi connectivity index (χ1n) is 5.63. The molecule has 2 aromatic carbocycles. The predicted octanol–water partition coefficient (Wildman–Crippen LogP) is 4.88. The van der Waals surface area contributed by atoms with E-state index in [9.17, 15) is 8.78 Å². The highest BCUT2D eigenvalue weighted by Gasteiger charge is 2.14. The summed E-state index contributed by atoms with van der Waals surface area (Å²) < 4.78 is 27.0. The van der Waals surface area contributed by atoms with Gasteiger partial charge >= 0.3 is 0 Å². The third kappa shape index (κ3) is 2.21. The van der Waals surface area contributed by atoms with Gasteiger partial charge in [0.15, 0.2) is 17.5 Å². The third-order valence-corrected chi connectivity index (χ3v) is 3.33. The Morgan fingerprint density at radius 1 is 0.950 bits per heavy atom. The molecule has 0 amide bonds. The van der Waals surface area contributed by atoms with Gasteiger partial charge in [-0.25, -0.2) is 18.7 Å². The standard InChI is InChI=1S/C14H6Cl2F2N2/c15-7-4-5-11-9(6-7)13(16)20-14(19-11)8-2-1-3-10(17)12(8)18/h1-6H. The van der Waals surface area contributed by atoms with E-state index in [1.54, 1.807) is 18.2 Å². The summed E-state index contributed by atoms with van der Waals surface area (Å²) in [7, 11) is 0. The zero-order valence-electron chi connectivity index (χ0n) is 9.87. The monoisotopic (exact) mass is 310 g/mol. The fraction of sp³-hybridized carbons (Fsp3) is 0. The summed E-state index contributed by atoms with van der Waals surface area (Å²) in [6.07, 6.45) is 0. The molecule has 0 aliphatic carbocycles. The Labute approximate surface area is 123 Å². The van der Waals surface area contributed by atoms with Crippen molar-refractivity contribution in [3.8, 4) is 11.4 Å². The Kier molecular flexibility index (Phi) is 3.28. The molecule has 0 atom stereocenters. The van der Waals surface area contributed by atoms with Crippen LogP contribution in [0.25, 0.3) is 22.3 Å². The number of hydrogen-bond donors (Lipinski definition) is 0. The van der Waals surface area contributed by atoms with E-state index in [-0.39, 0.29) is 16.5 Å². The van der Waals surface area contributed by atoms with Crippen molar-refractivity contribution < 1.29 is 8.78 Å². The topological polar surface area (TPSA) is 25.8 Å². The quantitative estimate of drug-likeness (QED) is 0.598. The Morgan fingerprint density at radius 2 is 1.75 bits per heavy atom. The van der Waals surface area contributed by atoms with E-state index in [1.165, 1.54) is 12.1 Å². The normalized spacial score (nSPS) is 11.0. The minimum Gasteiger partial charge on any atom is -0.228 e. The molecule has 0 spiro atoms. The van der Waals surface area contributed by atoms with Crippen molar-refractivity contribution in [2.75, 3.05) is 0 Å². The number of aromatic nitrogens is 2. The van der Waals surface area contributed by atoms with Gasteiger partial charge in [0.2, 0.25) is 0 Å². The number of rotatable bonds is 1. The Morgan fingerprint density at radius 3 is 2.55 bits per heavy atom. The summed E-state index contributed by atoms with van der Waals surface area (Å²) in [5.41, 5.74) is 0.469. The molecule has 3 rings (SSSR count). The SMILES string of the molecule is Fc1cccc(-c2nc(Cl)c3cc(Cl)ccc3n2)c1F. The molecule has 100 valence electrons. The minimum atomic E-state index is -1.00. The summed E-state index contributed by atoms with van der Waals surface area (Å²) in [4.78, 5) is 8.19. The predicted molar refractivity (Wildman–Crippen MR) is 74.9 cm³/mol. The van der Waals surface area contributed by atoms with Gasteiger partial charge < -0.3 is 0 Å². The van der Waals surface area contributed by atoms with Gasteiger partial charge in [0.05, 0.1) is 11.1 Å². The first-order valence-corrected chi connectivity index (χ1v) is 6.39. The lowest BCUT2D eigenvalue weighted by Gasteiger charge is -2.06. The van der Waals surface area contributed by atoms with Crippen LogP contribution in [0.1, 0.15) is 0 Å². The molecule has 0 bridgehead atoms. The molecule has 0 unspecified atom stereocenters. The van der Waals surface area contributed by atoms with Crippen LogP contribution in [-0.4, -0.2) is 9.97 Å². The van der Waals surface area contributed by atoms with Gasteiger partial charge in [0, 0.05) is 10.4 Å². The molecular formula is C14H6Cl2F2N2. The van der Waals surface area contributed by atoms with Gasteiger partial charge in [-0.15, -0.1) is 0 Å². The zero-order chi connectivity index (χ0) is 14.3. The number of hydrogen-bond acceptors (Lipinski definition) is 2. The van der Waals surface area contributed by atoms with Gasteiger partial charge in [-0.05, 0) is 30.3 Å². The highest BCUT2D eigenvalue weighted by atomic mass is 35.5. The van der Waals surface area contributed by atoms with Crippen LogP contribution in [0.5, 0.6) is 0 Å². The van der Waals surface area contributed by atoms with Crippen molar-refractivity contribution in [1.29, 1.82) is 0 Å². The smallest absolute Gasteiger partial charge is 0.169 e. The summed E-state index contributed by atoms with van der Waals surface area (Å²) in [6, 6.07) is 8.71. The number of halogens is 4. The van der Waals surface area contributed by atoms with Crippen LogP contribution in [-0.2, 0) is 0 Å². The minimum absolute atomic E-state index is 0.0295. The molecule has 0 N–H and O–H groups in total. The van der Waals surface area contributed by atoms with Gasteiger partial charge in [0.1, 0.15) is 5.15 Å². The molecule has 6 heteroatoms. The molecular weight excluding hydrogens is 305 g/mol. The molecule has 2 nitrogen and oxygen atoms in total. The lowest BCUT2D eigenvalue weighted by atomic mass is 10.1. The Balaban J connectivity index is 2.28. The van der Waals surface area contributed by atoms with Crippen molar-refractivity contribution in [1.82, 2.24) is 9.97 Å². The van der Waals surface area contributed by atoms with E-state index in [0.29, 0.717) is 15.9 Å². The second-order valence-electron chi connectivity index (χ2n) is 4.10. The van der Waals surface area contributed by atoms with Crippen LogP contribution in [0.3, 0.4) is 0 Å². The van der Waals surface area contributed by atoms with Crippen molar-refractivity contribution in [3.63, 3.8) is 0 Å². The zero-order valence-corrected chi connectivity index (χ0v) is 11.4. The fourth-order valence-corrected chi connectivity index (χ4v) is 2.26. The van der Waals surface area contributed by atoms with Crippen LogP contribution in [0.15, 0.2) is 36.4 Å². The summed E-state index contributed by atoms with van der Waals surface area (Å²) in [5, 5.41) is 1.18. The number of benzene rings is 2. The molecule has 0 radical (unpaired) electrons. The molecule has 0 saturated heterocycles. The largest absolute Gasteiger partial charge is 0.228 e. The van der Waals surface area contributed by atoms with Gasteiger partial charge in [-0.2, -0.15) is 0 Å². The van der Waals surface area contributed by atoms with E-state index >= 15 is 0 Å². The average molecular weight is 311 g/mol. The van der Waals surface area contributed by atoms with Crippen LogP contribution >= 0.6 is 23.2 Å². The van der Waals surface area contributed by atoms with Crippen molar-refractivity contribution >= 4 is 34.1 Å². The van der Waals surface area contributed by atoms with Crippen LogP contribution < -0.4 is 0 Å². The Hall–Kier alpha value is -1.78. The van der Waals surface area contributed by atoms with Gasteiger partial charge in [0.25, 0.3) is 0 Å². The molecule has 1 heterocycles.